The number of pyridine rings is 1. The fourth-order valence-corrected chi connectivity index (χ4v) is 1.76. The van der Waals surface area contributed by atoms with Crippen molar-refractivity contribution >= 4 is 29.5 Å². The monoisotopic (exact) mass is 358 g/mol. The normalized spacial score (nSPS) is 11.7. The number of rotatable bonds is 2. The fraction of sp³-hybridized carbons (Fsp3) is 0.562. The lowest BCUT2D eigenvalue weighted by molar-refractivity contribution is 0.0430. The van der Waals surface area contributed by atoms with Crippen molar-refractivity contribution in [2.24, 2.45) is 0 Å². The van der Waals surface area contributed by atoms with Gasteiger partial charge in [-0.2, -0.15) is 4.90 Å². The highest BCUT2D eigenvalue weighted by molar-refractivity contribution is 6.33. The van der Waals surface area contributed by atoms with E-state index in [2.05, 4.69) is 4.98 Å². The van der Waals surface area contributed by atoms with Crippen molar-refractivity contribution < 1.29 is 23.8 Å². The molecule has 0 aromatic carbocycles. The Morgan fingerprint density at radius 1 is 1.04 bits per heavy atom. The quantitative estimate of drug-likeness (QED) is 0.728. The third-order valence-electron chi connectivity index (χ3n) is 2.42. The van der Waals surface area contributed by atoms with E-state index >= 15 is 0 Å². The summed E-state index contributed by atoms with van der Waals surface area (Å²) in [7, 11) is 1.43. The molecule has 0 saturated heterocycles. The number of halogens is 1. The molecule has 0 unspecified atom stereocenters. The highest BCUT2D eigenvalue weighted by Crippen LogP contribution is 2.30. The molecule has 0 aliphatic rings. The van der Waals surface area contributed by atoms with E-state index in [-0.39, 0.29) is 10.8 Å². The Morgan fingerprint density at radius 3 is 1.88 bits per heavy atom. The Bertz CT molecular complexity index is 592. The standard InChI is InChI=1S/C16H23ClN2O5/c1-15(2,3)23-13(20)19(14(21)24-16(4,5)6)11-8-10(22-7)9-18-12(11)17/h8-9H,1-7H3. The lowest BCUT2D eigenvalue weighted by atomic mass is 10.2. The van der Waals surface area contributed by atoms with Gasteiger partial charge in [0.2, 0.25) is 0 Å². The fourth-order valence-electron chi connectivity index (χ4n) is 1.57. The molecular formula is C16H23ClN2O5. The molecule has 0 aliphatic heterocycles. The second kappa shape index (κ2) is 7.25. The van der Waals surface area contributed by atoms with Gasteiger partial charge in [0.1, 0.15) is 17.0 Å². The van der Waals surface area contributed by atoms with Crippen molar-refractivity contribution in [1.29, 1.82) is 0 Å². The van der Waals surface area contributed by atoms with Crippen molar-refractivity contribution in [3.63, 3.8) is 0 Å². The van der Waals surface area contributed by atoms with E-state index in [0.717, 1.165) is 0 Å². The average Bonchev–Trinajstić information content (AvgIpc) is 2.37. The molecular weight excluding hydrogens is 336 g/mol. The third kappa shape index (κ3) is 5.88. The van der Waals surface area contributed by atoms with Crippen LogP contribution in [-0.4, -0.2) is 35.5 Å². The first-order valence-electron chi connectivity index (χ1n) is 7.29. The van der Waals surface area contributed by atoms with Gasteiger partial charge in [-0.1, -0.05) is 11.6 Å². The molecule has 0 N–H and O–H groups in total. The number of carbonyl (C=O) groups excluding carboxylic acids is 2. The second-order valence-corrected chi connectivity index (χ2v) is 7.34. The van der Waals surface area contributed by atoms with Crippen molar-refractivity contribution in [1.82, 2.24) is 4.98 Å². The summed E-state index contributed by atoms with van der Waals surface area (Å²) < 4.78 is 15.6. The first-order valence-corrected chi connectivity index (χ1v) is 7.67. The molecule has 0 aliphatic carbocycles. The number of imide groups is 1. The zero-order chi connectivity index (χ0) is 18.7. The van der Waals surface area contributed by atoms with Crippen LogP contribution in [0, 0.1) is 0 Å². The van der Waals surface area contributed by atoms with Crippen LogP contribution in [0.2, 0.25) is 5.15 Å². The second-order valence-electron chi connectivity index (χ2n) is 6.98. The molecule has 134 valence electrons. The summed E-state index contributed by atoms with van der Waals surface area (Å²) in [6.45, 7) is 10.1. The summed E-state index contributed by atoms with van der Waals surface area (Å²) in [6, 6.07) is 1.41. The van der Waals surface area contributed by atoms with Crippen molar-refractivity contribution in [2.75, 3.05) is 12.0 Å². The highest BCUT2D eigenvalue weighted by atomic mass is 35.5. The van der Waals surface area contributed by atoms with Gasteiger partial charge in [-0.25, -0.2) is 14.6 Å². The molecule has 0 spiro atoms. The molecule has 7 nitrogen and oxygen atoms in total. The lowest BCUT2D eigenvalue weighted by Crippen LogP contribution is -2.44. The van der Waals surface area contributed by atoms with Crippen LogP contribution in [0.15, 0.2) is 12.3 Å². The van der Waals surface area contributed by atoms with E-state index in [0.29, 0.717) is 10.6 Å². The van der Waals surface area contributed by atoms with E-state index in [9.17, 15) is 9.59 Å². The van der Waals surface area contributed by atoms with E-state index in [1.165, 1.54) is 19.4 Å². The maximum absolute atomic E-state index is 12.5. The number of nitrogens with zero attached hydrogens (tertiary/aromatic N) is 2. The summed E-state index contributed by atoms with van der Waals surface area (Å²) in [5, 5.41) is -0.0625. The first-order chi connectivity index (χ1) is 10.8. The third-order valence-corrected chi connectivity index (χ3v) is 2.72. The number of hydrogen-bond donors (Lipinski definition) is 0. The van der Waals surface area contributed by atoms with Gasteiger partial charge in [-0.05, 0) is 41.5 Å². The van der Waals surface area contributed by atoms with Crippen LogP contribution in [0.1, 0.15) is 41.5 Å². The van der Waals surface area contributed by atoms with Crippen molar-refractivity contribution in [3.8, 4) is 5.75 Å². The summed E-state index contributed by atoms with van der Waals surface area (Å²) in [5.41, 5.74) is -1.61. The van der Waals surface area contributed by atoms with Crippen LogP contribution >= 0.6 is 11.6 Å². The van der Waals surface area contributed by atoms with E-state index in [1.54, 1.807) is 41.5 Å². The van der Waals surface area contributed by atoms with Gasteiger partial charge in [-0.3, -0.25) is 0 Å². The van der Waals surface area contributed by atoms with E-state index < -0.39 is 23.4 Å². The maximum Gasteiger partial charge on any atom is 0.424 e. The summed E-state index contributed by atoms with van der Waals surface area (Å²) in [5.74, 6) is 0.325. The van der Waals surface area contributed by atoms with Gasteiger partial charge in [0.05, 0.1) is 19.0 Å². The lowest BCUT2D eigenvalue weighted by Gasteiger charge is -2.28. The predicted molar refractivity (Wildman–Crippen MR) is 90.7 cm³/mol. The summed E-state index contributed by atoms with van der Waals surface area (Å²) >= 11 is 6.05. The molecule has 1 rings (SSSR count). The number of aromatic nitrogens is 1. The smallest absolute Gasteiger partial charge is 0.424 e. The van der Waals surface area contributed by atoms with Crippen LogP contribution in [0.3, 0.4) is 0 Å². The SMILES string of the molecule is COc1cnc(Cl)c(N(C(=O)OC(C)(C)C)C(=O)OC(C)(C)C)c1. The maximum atomic E-state index is 12.5. The summed E-state index contributed by atoms with van der Waals surface area (Å²) in [6.07, 6.45) is -0.476. The number of methoxy groups -OCH3 is 1. The number of hydrogen-bond acceptors (Lipinski definition) is 6. The van der Waals surface area contributed by atoms with Gasteiger partial charge in [0, 0.05) is 6.07 Å². The van der Waals surface area contributed by atoms with E-state index in [4.69, 9.17) is 25.8 Å². The van der Waals surface area contributed by atoms with Crippen LogP contribution in [0.5, 0.6) is 5.75 Å². The van der Waals surface area contributed by atoms with Crippen LogP contribution in [0.25, 0.3) is 0 Å². The molecule has 0 bridgehead atoms. The Balaban J connectivity index is 3.33. The van der Waals surface area contributed by atoms with Crippen LogP contribution in [-0.2, 0) is 9.47 Å². The molecule has 0 atom stereocenters. The average molecular weight is 359 g/mol. The zero-order valence-electron chi connectivity index (χ0n) is 15.0. The number of amides is 2. The molecule has 2 amide bonds. The van der Waals surface area contributed by atoms with Crippen molar-refractivity contribution in [2.45, 2.75) is 52.7 Å². The molecule has 1 aromatic rings. The highest BCUT2D eigenvalue weighted by Gasteiger charge is 2.34. The zero-order valence-corrected chi connectivity index (χ0v) is 15.7. The Hall–Kier alpha value is -2.02. The molecule has 1 heterocycles. The minimum absolute atomic E-state index is 0.0134. The molecule has 0 fully saturated rings. The number of ether oxygens (including phenoxy) is 3. The predicted octanol–water partition coefficient (Wildman–Crippen LogP) is 4.42. The summed E-state index contributed by atoms with van der Waals surface area (Å²) in [4.78, 5) is 29.6. The van der Waals surface area contributed by atoms with Gasteiger partial charge < -0.3 is 14.2 Å². The Kier molecular flexibility index (Phi) is 6.05. The number of carbonyl (C=O) groups is 2. The van der Waals surface area contributed by atoms with E-state index in [1.807, 2.05) is 0 Å². The number of anilines is 1. The Morgan fingerprint density at radius 2 is 1.50 bits per heavy atom. The molecule has 8 heteroatoms. The molecule has 1 aromatic heterocycles. The Labute approximate surface area is 146 Å². The van der Waals surface area contributed by atoms with Crippen LogP contribution in [0.4, 0.5) is 15.3 Å². The van der Waals surface area contributed by atoms with Gasteiger partial charge in [0.15, 0.2) is 5.15 Å². The molecule has 0 radical (unpaired) electrons. The van der Waals surface area contributed by atoms with Crippen LogP contribution < -0.4 is 9.64 Å². The largest absolute Gasteiger partial charge is 0.495 e. The first kappa shape index (κ1) is 20.0. The molecule has 0 saturated carbocycles. The molecule has 24 heavy (non-hydrogen) atoms. The van der Waals surface area contributed by atoms with Crippen molar-refractivity contribution in [3.05, 3.63) is 17.4 Å². The topological polar surface area (TPSA) is 78.0 Å². The van der Waals surface area contributed by atoms with Gasteiger partial charge in [-0.15, -0.1) is 0 Å². The van der Waals surface area contributed by atoms with Gasteiger partial charge in [0.25, 0.3) is 0 Å². The minimum Gasteiger partial charge on any atom is -0.495 e. The minimum atomic E-state index is -0.922. The van der Waals surface area contributed by atoms with Gasteiger partial charge >= 0.3 is 12.2 Å².